The molecule has 3 rings (SSSR count). The van der Waals surface area contributed by atoms with Gasteiger partial charge in [0.1, 0.15) is 5.75 Å². The van der Waals surface area contributed by atoms with Crippen molar-refractivity contribution in [2.45, 2.75) is 39.2 Å². The van der Waals surface area contributed by atoms with Gasteiger partial charge in [-0.05, 0) is 67.9 Å². The van der Waals surface area contributed by atoms with Crippen molar-refractivity contribution in [3.05, 3.63) is 54.1 Å². The highest BCUT2D eigenvalue weighted by Gasteiger charge is 2.42. The lowest BCUT2D eigenvalue weighted by atomic mass is 10.0. The van der Waals surface area contributed by atoms with Gasteiger partial charge in [-0.25, -0.2) is 0 Å². The summed E-state index contributed by atoms with van der Waals surface area (Å²) >= 11 is 0. The van der Waals surface area contributed by atoms with Gasteiger partial charge >= 0.3 is 5.97 Å². The Bertz CT molecular complexity index is 703. The molecule has 2 aromatic rings. The molecule has 0 aliphatic heterocycles. The molecule has 1 fully saturated rings. The van der Waals surface area contributed by atoms with Crippen molar-refractivity contribution in [3.63, 3.8) is 0 Å². The van der Waals surface area contributed by atoms with Crippen molar-refractivity contribution in [3.8, 4) is 16.9 Å². The number of ether oxygens (including phenoxy) is 1. The maximum absolute atomic E-state index is 10.9. The third kappa shape index (κ3) is 4.16. The van der Waals surface area contributed by atoms with Crippen molar-refractivity contribution in [2.75, 3.05) is 0 Å². The van der Waals surface area contributed by atoms with Crippen LogP contribution in [0.25, 0.3) is 11.1 Å². The van der Waals surface area contributed by atoms with Gasteiger partial charge in [0.25, 0.3) is 0 Å². The summed E-state index contributed by atoms with van der Waals surface area (Å²) in [5, 5.41) is 8.95. The summed E-state index contributed by atoms with van der Waals surface area (Å²) in [5.41, 5.74) is 3.58. The van der Waals surface area contributed by atoms with E-state index in [0.717, 1.165) is 30.6 Å². The Morgan fingerprint density at radius 3 is 2.54 bits per heavy atom. The number of carboxylic acid groups (broad SMARTS) is 1. The molecule has 126 valence electrons. The molecule has 0 amide bonds. The zero-order valence-electron chi connectivity index (χ0n) is 14.2. The molecule has 1 aliphatic rings. The van der Waals surface area contributed by atoms with Crippen LogP contribution in [0.1, 0.15) is 32.3 Å². The maximum Gasteiger partial charge on any atom is 0.306 e. The molecular weight excluding hydrogens is 300 g/mol. The van der Waals surface area contributed by atoms with E-state index in [-0.39, 0.29) is 12.0 Å². The lowest BCUT2D eigenvalue weighted by Gasteiger charge is -2.11. The number of carbonyl (C=O) groups is 1. The van der Waals surface area contributed by atoms with Crippen molar-refractivity contribution in [2.24, 2.45) is 11.8 Å². The summed E-state index contributed by atoms with van der Waals surface area (Å²) in [7, 11) is 0. The molecular formula is C21H24O3. The van der Waals surface area contributed by atoms with E-state index in [1.165, 1.54) is 11.1 Å². The molecule has 0 saturated heterocycles. The normalized spacial score (nSPS) is 19.3. The molecule has 0 radical (unpaired) electrons. The van der Waals surface area contributed by atoms with E-state index in [2.05, 4.69) is 36.4 Å². The van der Waals surface area contributed by atoms with Crippen LogP contribution in [0.15, 0.2) is 48.5 Å². The Hall–Kier alpha value is -2.29. The Balaban J connectivity index is 1.61. The van der Waals surface area contributed by atoms with E-state index in [0.29, 0.717) is 5.92 Å². The number of benzene rings is 2. The molecule has 24 heavy (non-hydrogen) atoms. The number of rotatable bonds is 7. The van der Waals surface area contributed by atoms with Gasteiger partial charge in [-0.3, -0.25) is 4.79 Å². The number of aryl methyl sites for hydroxylation is 1. The SMILES string of the molecule is CC(C)Oc1cccc(-c2ccc(CC[C@@H]3C[C@H]3C(=O)O)cc2)c1. The van der Waals surface area contributed by atoms with E-state index < -0.39 is 5.97 Å². The number of hydrogen-bond acceptors (Lipinski definition) is 2. The van der Waals surface area contributed by atoms with Crippen LogP contribution in [0.5, 0.6) is 5.75 Å². The smallest absolute Gasteiger partial charge is 0.306 e. The predicted octanol–water partition coefficient (Wildman–Crippen LogP) is 4.79. The zero-order chi connectivity index (χ0) is 17.1. The van der Waals surface area contributed by atoms with Crippen LogP contribution >= 0.6 is 0 Å². The highest BCUT2D eigenvalue weighted by Crippen LogP contribution is 2.42. The third-order valence-corrected chi connectivity index (χ3v) is 4.54. The lowest BCUT2D eigenvalue weighted by Crippen LogP contribution is -2.05. The largest absolute Gasteiger partial charge is 0.491 e. The Kier molecular flexibility index (Phi) is 4.89. The monoisotopic (exact) mass is 324 g/mol. The zero-order valence-corrected chi connectivity index (χ0v) is 14.2. The predicted molar refractivity (Wildman–Crippen MR) is 95.2 cm³/mol. The van der Waals surface area contributed by atoms with Crippen LogP contribution in [-0.4, -0.2) is 17.2 Å². The van der Waals surface area contributed by atoms with E-state index in [1.54, 1.807) is 0 Å². The quantitative estimate of drug-likeness (QED) is 0.796. The molecule has 2 atom stereocenters. The standard InChI is InChI=1S/C21H24O3/c1-14(2)24-19-5-3-4-17(12-19)16-9-6-15(7-10-16)8-11-18-13-20(18)21(22)23/h3-7,9-10,12,14,18,20H,8,11,13H2,1-2H3,(H,22,23)/t18-,20-/m1/s1. The van der Waals surface area contributed by atoms with Gasteiger partial charge in [-0.15, -0.1) is 0 Å². The van der Waals surface area contributed by atoms with Crippen molar-refractivity contribution >= 4 is 5.97 Å². The molecule has 0 bridgehead atoms. The molecule has 1 aliphatic carbocycles. The van der Waals surface area contributed by atoms with Crippen molar-refractivity contribution in [1.29, 1.82) is 0 Å². The lowest BCUT2D eigenvalue weighted by molar-refractivity contribution is -0.138. The topological polar surface area (TPSA) is 46.5 Å². The van der Waals surface area contributed by atoms with Crippen molar-refractivity contribution < 1.29 is 14.6 Å². The van der Waals surface area contributed by atoms with Gasteiger partial charge in [-0.2, -0.15) is 0 Å². The van der Waals surface area contributed by atoms with Gasteiger partial charge in [0, 0.05) is 0 Å². The second-order valence-corrected chi connectivity index (χ2v) is 6.87. The second-order valence-electron chi connectivity index (χ2n) is 6.87. The summed E-state index contributed by atoms with van der Waals surface area (Å²) in [5.74, 6) is 0.513. The minimum absolute atomic E-state index is 0.104. The third-order valence-electron chi connectivity index (χ3n) is 4.54. The Morgan fingerprint density at radius 1 is 1.17 bits per heavy atom. The first-order chi connectivity index (χ1) is 11.5. The molecule has 3 heteroatoms. The molecule has 0 spiro atoms. The highest BCUT2D eigenvalue weighted by molar-refractivity contribution is 5.73. The van der Waals surface area contributed by atoms with Crippen LogP contribution in [0.3, 0.4) is 0 Å². The fraction of sp³-hybridized carbons (Fsp3) is 0.381. The highest BCUT2D eigenvalue weighted by atomic mass is 16.5. The summed E-state index contributed by atoms with van der Waals surface area (Å²) in [6.45, 7) is 4.05. The van der Waals surface area contributed by atoms with Gasteiger partial charge in [0.2, 0.25) is 0 Å². The summed E-state index contributed by atoms with van der Waals surface area (Å²) < 4.78 is 5.75. The molecule has 3 nitrogen and oxygen atoms in total. The van der Waals surface area contributed by atoms with Crippen molar-refractivity contribution in [1.82, 2.24) is 0 Å². The number of aliphatic carboxylic acids is 1. The molecule has 0 heterocycles. The molecule has 1 N–H and O–H groups in total. The first kappa shape index (κ1) is 16.6. The van der Waals surface area contributed by atoms with E-state index in [1.807, 2.05) is 26.0 Å². The van der Waals surface area contributed by atoms with E-state index in [9.17, 15) is 4.79 Å². The molecule has 2 aromatic carbocycles. The summed E-state index contributed by atoms with van der Waals surface area (Å²) in [4.78, 5) is 10.9. The molecule has 0 aromatic heterocycles. The summed E-state index contributed by atoms with van der Waals surface area (Å²) in [6, 6.07) is 16.7. The van der Waals surface area contributed by atoms with Crippen LogP contribution in [0.2, 0.25) is 0 Å². The van der Waals surface area contributed by atoms with E-state index in [4.69, 9.17) is 9.84 Å². The van der Waals surface area contributed by atoms with Gasteiger partial charge in [0.05, 0.1) is 12.0 Å². The Morgan fingerprint density at radius 2 is 1.92 bits per heavy atom. The van der Waals surface area contributed by atoms with Crippen LogP contribution < -0.4 is 4.74 Å². The average molecular weight is 324 g/mol. The fourth-order valence-corrected chi connectivity index (χ4v) is 3.11. The van der Waals surface area contributed by atoms with Gasteiger partial charge in [-0.1, -0.05) is 36.4 Å². The van der Waals surface area contributed by atoms with Gasteiger partial charge < -0.3 is 9.84 Å². The van der Waals surface area contributed by atoms with Crippen LogP contribution in [0, 0.1) is 11.8 Å². The minimum atomic E-state index is -0.640. The fourth-order valence-electron chi connectivity index (χ4n) is 3.11. The summed E-state index contributed by atoms with van der Waals surface area (Å²) in [6.07, 6.45) is 2.93. The first-order valence-corrected chi connectivity index (χ1v) is 8.62. The molecule has 1 saturated carbocycles. The van der Waals surface area contributed by atoms with Gasteiger partial charge in [0.15, 0.2) is 0 Å². The Labute approximate surface area is 143 Å². The van der Waals surface area contributed by atoms with E-state index >= 15 is 0 Å². The number of carboxylic acids is 1. The minimum Gasteiger partial charge on any atom is -0.491 e. The molecule has 0 unspecified atom stereocenters. The van der Waals surface area contributed by atoms with Crippen LogP contribution in [-0.2, 0) is 11.2 Å². The average Bonchev–Trinajstić information content (AvgIpc) is 3.33. The second kappa shape index (κ2) is 7.08. The number of hydrogen-bond donors (Lipinski definition) is 1. The first-order valence-electron chi connectivity index (χ1n) is 8.62. The maximum atomic E-state index is 10.9. The van der Waals surface area contributed by atoms with Crippen LogP contribution in [0.4, 0.5) is 0 Å².